The molecule has 1 aliphatic heterocycles. The van der Waals surface area contributed by atoms with Crippen LogP contribution >= 0.6 is 0 Å². The number of hydrogen-bond donors (Lipinski definition) is 1. The maximum absolute atomic E-state index is 10.5. The largest absolute Gasteiger partial charge is 0.481 e. The predicted molar refractivity (Wildman–Crippen MR) is 107 cm³/mol. The highest BCUT2D eigenvalue weighted by molar-refractivity contribution is 5.34. The van der Waals surface area contributed by atoms with Gasteiger partial charge in [-0.3, -0.25) is 4.90 Å². The standard InChI is InChI=1S/C23H30N2O2/c1-27-23-8-6-18(16-24-23)15-22(26)14-17-5-7-19-9-11-25(21-3-2-4-21)12-10-20(19)13-17/h5-8,13,16,21-22,26H,2-4,9-12,14-15H2,1H3. The van der Waals surface area contributed by atoms with Gasteiger partial charge in [0.05, 0.1) is 13.2 Å². The van der Waals surface area contributed by atoms with E-state index in [4.69, 9.17) is 4.74 Å². The van der Waals surface area contributed by atoms with Crippen molar-refractivity contribution in [2.45, 2.75) is 57.1 Å². The lowest BCUT2D eigenvalue weighted by Gasteiger charge is -2.36. The number of nitrogens with zero attached hydrogens (tertiary/aromatic N) is 2. The normalized spacial score (nSPS) is 19.0. The molecule has 1 aromatic heterocycles. The van der Waals surface area contributed by atoms with Crippen molar-refractivity contribution in [1.29, 1.82) is 0 Å². The number of hydrogen-bond acceptors (Lipinski definition) is 4. The number of benzene rings is 1. The van der Waals surface area contributed by atoms with Gasteiger partial charge in [0, 0.05) is 37.8 Å². The number of aliphatic hydroxyl groups excluding tert-OH is 1. The zero-order valence-corrected chi connectivity index (χ0v) is 16.2. The summed E-state index contributed by atoms with van der Waals surface area (Å²) in [6.45, 7) is 2.38. The van der Waals surface area contributed by atoms with Gasteiger partial charge in [-0.25, -0.2) is 4.98 Å². The molecule has 1 saturated carbocycles. The number of pyridine rings is 1. The fourth-order valence-electron chi connectivity index (χ4n) is 4.31. The third-order valence-electron chi connectivity index (χ3n) is 6.15. The summed E-state index contributed by atoms with van der Waals surface area (Å²) in [6.07, 6.45) is 9.16. The van der Waals surface area contributed by atoms with E-state index in [1.807, 2.05) is 12.1 Å². The van der Waals surface area contributed by atoms with E-state index in [1.54, 1.807) is 13.3 Å². The molecule has 1 fully saturated rings. The molecule has 4 heteroatoms. The van der Waals surface area contributed by atoms with Crippen LogP contribution < -0.4 is 4.74 Å². The Morgan fingerprint density at radius 3 is 2.48 bits per heavy atom. The van der Waals surface area contributed by atoms with Crippen molar-refractivity contribution in [3.05, 3.63) is 58.8 Å². The third-order valence-corrected chi connectivity index (χ3v) is 6.15. The van der Waals surface area contributed by atoms with Gasteiger partial charge in [-0.2, -0.15) is 0 Å². The van der Waals surface area contributed by atoms with Crippen molar-refractivity contribution >= 4 is 0 Å². The van der Waals surface area contributed by atoms with E-state index in [9.17, 15) is 5.11 Å². The summed E-state index contributed by atoms with van der Waals surface area (Å²) in [5, 5.41) is 10.5. The summed E-state index contributed by atoms with van der Waals surface area (Å²) in [5.41, 5.74) is 5.25. The summed E-state index contributed by atoms with van der Waals surface area (Å²) in [6, 6.07) is 11.5. The zero-order chi connectivity index (χ0) is 18.6. The number of aliphatic hydroxyl groups is 1. The minimum atomic E-state index is -0.393. The summed E-state index contributed by atoms with van der Waals surface area (Å²) in [4.78, 5) is 6.91. The highest BCUT2D eigenvalue weighted by Gasteiger charge is 2.26. The Hall–Kier alpha value is -1.91. The second-order valence-electron chi connectivity index (χ2n) is 7.99. The minimum absolute atomic E-state index is 0.393. The van der Waals surface area contributed by atoms with Crippen molar-refractivity contribution in [2.75, 3.05) is 20.2 Å². The van der Waals surface area contributed by atoms with E-state index in [2.05, 4.69) is 28.1 Å². The summed E-state index contributed by atoms with van der Waals surface area (Å²) in [7, 11) is 1.61. The van der Waals surface area contributed by atoms with Gasteiger partial charge in [0.1, 0.15) is 0 Å². The van der Waals surface area contributed by atoms with Gasteiger partial charge < -0.3 is 9.84 Å². The lowest BCUT2D eigenvalue weighted by atomic mass is 9.91. The fraction of sp³-hybridized carbons (Fsp3) is 0.522. The highest BCUT2D eigenvalue weighted by atomic mass is 16.5. The predicted octanol–water partition coefficient (Wildman–Crippen LogP) is 3.19. The molecule has 1 atom stereocenters. The van der Waals surface area contributed by atoms with Crippen molar-refractivity contribution in [2.24, 2.45) is 0 Å². The first-order valence-corrected chi connectivity index (χ1v) is 10.2. The van der Waals surface area contributed by atoms with Crippen LogP contribution in [-0.4, -0.2) is 47.3 Å². The molecule has 4 nitrogen and oxygen atoms in total. The van der Waals surface area contributed by atoms with Crippen molar-refractivity contribution in [3.63, 3.8) is 0 Å². The SMILES string of the molecule is COc1ccc(CC(O)Cc2ccc3c(c2)CCN(C2CCC2)CC3)cn1. The first-order chi connectivity index (χ1) is 13.2. The third kappa shape index (κ3) is 4.50. The molecule has 2 heterocycles. The second kappa shape index (κ2) is 8.41. The number of fused-ring (bicyclic) bond motifs is 1. The van der Waals surface area contributed by atoms with Crippen LogP contribution in [0.15, 0.2) is 36.5 Å². The average Bonchev–Trinajstić information content (AvgIpc) is 2.83. The molecule has 2 aromatic rings. The van der Waals surface area contributed by atoms with Crippen LogP contribution in [0.4, 0.5) is 0 Å². The van der Waals surface area contributed by atoms with Crippen molar-refractivity contribution < 1.29 is 9.84 Å². The second-order valence-corrected chi connectivity index (χ2v) is 7.99. The monoisotopic (exact) mass is 366 g/mol. The molecule has 0 spiro atoms. The molecule has 1 N–H and O–H groups in total. The summed E-state index contributed by atoms with van der Waals surface area (Å²) in [5.74, 6) is 0.606. The molecule has 1 aliphatic carbocycles. The van der Waals surface area contributed by atoms with Crippen molar-refractivity contribution in [1.82, 2.24) is 9.88 Å². The van der Waals surface area contributed by atoms with Gasteiger partial charge >= 0.3 is 0 Å². The Labute approximate surface area is 162 Å². The van der Waals surface area contributed by atoms with Gasteiger partial charge in [-0.1, -0.05) is 30.7 Å². The van der Waals surface area contributed by atoms with Crippen LogP contribution in [-0.2, 0) is 25.7 Å². The molecule has 1 aromatic carbocycles. The quantitative estimate of drug-likeness (QED) is 0.853. The van der Waals surface area contributed by atoms with Crippen LogP contribution in [0.2, 0.25) is 0 Å². The number of aromatic nitrogens is 1. The van der Waals surface area contributed by atoms with E-state index < -0.39 is 6.10 Å². The molecule has 0 saturated heterocycles. The molecule has 0 bridgehead atoms. The number of rotatable bonds is 6. The lowest BCUT2D eigenvalue weighted by Crippen LogP contribution is -2.41. The highest BCUT2D eigenvalue weighted by Crippen LogP contribution is 2.27. The van der Waals surface area contributed by atoms with Gasteiger partial charge in [-0.05, 0) is 54.4 Å². The van der Waals surface area contributed by atoms with Gasteiger partial charge in [0.25, 0.3) is 0 Å². The van der Waals surface area contributed by atoms with Crippen LogP contribution in [0.25, 0.3) is 0 Å². The molecule has 1 unspecified atom stereocenters. The Balaban J connectivity index is 1.36. The molecule has 0 amide bonds. The number of methoxy groups -OCH3 is 1. The molecule has 0 radical (unpaired) electrons. The van der Waals surface area contributed by atoms with Gasteiger partial charge in [0.15, 0.2) is 0 Å². The Bertz CT molecular complexity index is 755. The Morgan fingerprint density at radius 1 is 1.07 bits per heavy atom. The van der Waals surface area contributed by atoms with Gasteiger partial charge in [-0.15, -0.1) is 0 Å². The smallest absolute Gasteiger partial charge is 0.212 e. The lowest BCUT2D eigenvalue weighted by molar-refractivity contribution is 0.133. The zero-order valence-electron chi connectivity index (χ0n) is 16.2. The maximum Gasteiger partial charge on any atom is 0.212 e. The number of ether oxygens (including phenoxy) is 1. The first-order valence-electron chi connectivity index (χ1n) is 10.2. The summed E-state index contributed by atoms with van der Waals surface area (Å²) >= 11 is 0. The average molecular weight is 367 g/mol. The van der Waals surface area contributed by atoms with E-state index in [-0.39, 0.29) is 0 Å². The Morgan fingerprint density at radius 2 is 1.81 bits per heavy atom. The van der Waals surface area contributed by atoms with Crippen molar-refractivity contribution in [3.8, 4) is 5.88 Å². The van der Waals surface area contributed by atoms with Crippen LogP contribution in [0.1, 0.15) is 41.5 Å². The minimum Gasteiger partial charge on any atom is -0.481 e. The molecular weight excluding hydrogens is 336 g/mol. The maximum atomic E-state index is 10.5. The van der Waals surface area contributed by atoms with E-state index in [0.717, 1.165) is 24.4 Å². The molecule has 4 rings (SSSR count). The fourth-order valence-corrected chi connectivity index (χ4v) is 4.31. The molecule has 27 heavy (non-hydrogen) atoms. The van der Waals surface area contributed by atoms with E-state index >= 15 is 0 Å². The van der Waals surface area contributed by atoms with Crippen LogP contribution in [0, 0.1) is 0 Å². The van der Waals surface area contributed by atoms with Crippen LogP contribution in [0.5, 0.6) is 5.88 Å². The molecular formula is C23H30N2O2. The van der Waals surface area contributed by atoms with E-state index in [0.29, 0.717) is 18.7 Å². The molecule has 144 valence electrons. The topological polar surface area (TPSA) is 45.6 Å². The van der Waals surface area contributed by atoms with Gasteiger partial charge in [0.2, 0.25) is 5.88 Å². The van der Waals surface area contributed by atoms with E-state index in [1.165, 1.54) is 49.0 Å². The Kier molecular flexibility index (Phi) is 5.74. The van der Waals surface area contributed by atoms with Crippen LogP contribution in [0.3, 0.4) is 0 Å². The molecule has 2 aliphatic rings. The first kappa shape index (κ1) is 18.5. The summed E-state index contributed by atoms with van der Waals surface area (Å²) < 4.78 is 5.09.